The van der Waals surface area contributed by atoms with Gasteiger partial charge in [-0.3, -0.25) is 4.90 Å². The molecule has 2 rings (SSSR count). The van der Waals surface area contributed by atoms with Crippen molar-refractivity contribution in [3.05, 3.63) is 52.0 Å². The Morgan fingerprint density at radius 1 is 1.19 bits per heavy atom. The smallest absolute Gasteiger partial charge is 0.0954 e. The first-order valence-electron chi connectivity index (χ1n) is 7.50. The van der Waals surface area contributed by atoms with E-state index in [1.165, 1.54) is 10.6 Å². The zero-order valence-electron chi connectivity index (χ0n) is 12.8. The molecule has 0 aliphatic carbocycles. The van der Waals surface area contributed by atoms with E-state index in [1.807, 2.05) is 6.07 Å². The number of hydrogen-bond acceptors (Lipinski definition) is 4. The Kier molecular flexibility index (Phi) is 6.36. The van der Waals surface area contributed by atoms with E-state index in [0.29, 0.717) is 12.5 Å². The van der Waals surface area contributed by atoms with Gasteiger partial charge in [-0.2, -0.15) is 0 Å². The van der Waals surface area contributed by atoms with Gasteiger partial charge in [-0.25, -0.2) is 4.98 Å². The third-order valence-corrected chi connectivity index (χ3v) is 4.62. The molecule has 0 aliphatic rings. The molecule has 0 radical (unpaired) electrons. The van der Waals surface area contributed by atoms with Gasteiger partial charge in [-0.05, 0) is 12.0 Å². The van der Waals surface area contributed by atoms with Gasteiger partial charge in [0.25, 0.3) is 0 Å². The third kappa shape index (κ3) is 5.23. The molecule has 0 amide bonds. The molecule has 2 aromatic rings. The first-order valence-corrected chi connectivity index (χ1v) is 8.38. The summed E-state index contributed by atoms with van der Waals surface area (Å²) in [5.41, 5.74) is 2.45. The van der Waals surface area contributed by atoms with E-state index < -0.39 is 0 Å². The predicted octanol–water partition coefficient (Wildman–Crippen LogP) is 3.30. The minimum Gasteiger partial charge on any atom is -0.395 e. The highest BCUT2D eigenvalue weighted by atomic mass is 32.1. The summed E-state index contributed by atoms with van der Waals surface area (Å²) in [5, 5.41) is 12.6. The molecule has 0 aliphatic heterocycles. The lowest BCUT2D eigenvalue weighted by molar-refractivity contribution is 0.190. The van der Waals surface area contributed by atoms with E-state index >= 15 is 0 Å². The second-order valence-electron chi connectivity index (χ2n) is 5.57. The van der Waals surface area contributed by atoms with Gasteiger partial charge in [-0.15, -0.1) is 11.3 Å². The normalized spacial score (nSPS) is 11.5. The zero-order chi connectivity index (χ0) is 15.1. The minimum absolute atomic E-state index is 0.190. The molecule has 1 aromatic carbocycles. The van der Waals surface area contributed by atoms with Crippen molar-refractivity contribution >= 4 is 11.3 Å². The Balaban J connectivity index is 1.91. The molecule has 114 valence electrons. The fourth-order valence-electron chi connectivity index (χ4n) is 2.23. The SMILES string of the molecule is CC(C)c1nc(CN(CCO)CCc2ccccc2)cs1. The summed E-state index contributed by atoms with van der Waals surface area (Å²) in [6.45, 7) is 6.99. The molecular weight excluding hydrogens is 280 g/mol. The summed E-state index contributed by atoms with van der Waals surface area (Å²) in [6.07, 6.45) is 1.00. The van der Waals surface area contributed by atoms with Crippen molar-refractivity contribution in [2.75, 3.05) is 19.7 Å². The van der Waals surface area contributed by atoms with Crippen LogP contribution in [0.3, 0.4) is 0 Å². The van der Waals surface area contributed by atoms with Crippen LogP contribution in [0.15, 0.2) is 35.7 Å². The molecule has 1 N–H and O–H groups in total. The van der Waals surface area contributed by atoms with Crippen molar-refractivity contribution in [2.24, 2.45) is 0 Å². The Labute approximate surface area is 131 Å². The number of hydrogen-bond donors (Lipinski definition) is 1. The van der Waals surface area contributed by atoms with Crippen molar-refractivity contribution < 1.29 is 5.11 Å². The first-order chi connectivity index (χ1) is 10.2. The van der Waals surface area contributed by atoms with E-state index in [9.17, 15) is 5.11 Å². The summed E-state index contributed by atoms with van der Waals surface area (Å²) < 4.78 is 0. The van der Waals surface area contributed by atoms with Gasteiger partial charge in [0.15, 0.2) is 0 Å². The molecule has 0 unspecified atom stereocenters. The maximum atomic E-state index is 9.25. The Morgan fingerprint density at radius 2 is 1.95 bits per heavy atom. The molecule has 3 nitrogen and oxygen atoms in total. The third-order valence-electron chi connectivity index (χ3n) is 3.42. The molecule has 0 atom stereocenters. The lowest BCUT2D eigenvalue weighted by Crippen LogP contribution is -2.28. The van der Waals surface area contributed by atoms with Crippen molar-refractivity contribution in [3.8, 4) is 0 Å². The molecule has 0 saturated carbocycles. The van der Waals surface area contributed by atoms with Crippen LogP contribution in [0.1, 0.15) is 36.0 Å². The topological polar surface area (TPSA) is 36.4 Å². The fraction of sp³-hybridized carbons (Fsp3) is 0.471. The van der Waals surface area contributed by atoms with Crippen LogP contribution >= 0.6 is 11.3 Å². The van der Waals surface area contributed by atoms with Gasteiger partial charge < -0.3 is 5.11 Å². The standard InChI is InChI=1S/C17H24N2OS/c1-14(2)17-18-16(13-21-17)12-19(10-11-20)9-8-15-6-4-3-5-7-15/h3-7,13-14,20H,8-12H2,1-2H3. The molecular formula is C17H24N2OS. The van der Waals surface area contributed by atoms with Crippen LogP contribution in [0.5, 0.6) is 0 Å². The monoisotopic (exact) mass is 304 g/mol. The Bertz CT molecular complexity index is 525. The van der Waals surface area contributed by atoms with E-state index in [-0.39, 0.29) is 6.61 Å². The van der Waals surface area contributed by atoms with Crippen molar-refractivity contribution in [3.63, 3.8) is 0 Å². The summed E-state index contributed by atoms with van der Waals surface area (Å²) in [6, 6.07) is 10.5. The Hall–Kier alpha value is -1.23. The number of thiazole rings is 1. The van der Waals surface area contributed by atoms with Crippen LogP contribution in [0.2, 0.25) is 0 Å². The van der Waals surface area contributed by atoms with Gasteiger partial charge in [0.1, 0.15) is 0 Å². The summed E-state index contributed by atoms with van der Waals surface area (Å²) in [7, 11) is 0. The van der Waals surface area contributed by atoms with Gasteiger partial charge in [0.2, 0.25) is 0 Å². The maximum Gasteiger partial charge on any atom is 0.0954 e. The number of benzene rings is 1. The summed E-state index contributed by atoms with van der Waals surface area (Å²) >= 11 is 1.73. The van der Waals surface area contributed by atoms with Gasteiger partial charge in [0, 0.05) is 30.9 Å². The number of aromatic nitrogens is 1. The van der Waals surface area contributed by atoms with E-state index in [1.54, 1.807) is 11.3 Å². The second-order valence-corrected chi connectivity index (χ2v) is 6.46. The van der Waals surface area contributed by atoms with Gasteiger partial charge in [-0.1, -0.05) is 44.2 Å². The quantitative estimate of drug-likeness (QED) is 0.813. The lowest BCUT2D eigenvalue weighted by atomic mass is 10.1. The molecule has 0 fully saturated rings. The highest BCUT2D eigenvalue weighted by Crippen LogP contribution is 2.20. The molecule has 4 heteroatoms. The summed E-state index contributed by atoms with van der Waals surface area (Å²) in [5.74, 6) is 0.486. The van der Waals surface area contributed by atoms with Crippen LogP contribution in [0.25, 0.3) is 0 Å². The average molecular weight is 304 g/mol. The second kappa shape index (κ2) is 8.27. The van der Waals surface area contributed by atoms with Crippen molar-refractivity contribution in [1.82, 2.24) is 9.88 Å². The van der Waals surface area contributed by atoms with Gasteiger partial charge in [0.05, 0.1) is 17.3 Å². The highest BCUT2D eigenvalue weighted by Gasteiger charge is 2.10. The highest BCUT2D eigenvalue weighted by molar-refractivity contribution is 7.09. The number of aliphatic hydroxyl groups excluding tert-OH is 1. The summed E-state index contributed by atoms with van der Waals surface area (Å²) in [4.78, 5) is 6.95. The van der Waals surface area contributed by atoms with E-state index in [2.05, 4.69) is 53.4 Å². The molecule has 0 bridgehead atoms. The molecule has 1 heterocycles. The van der Waals surface area contributed by atoms with Crippen molar-refractivity contribution in [1.29, 1.82) is 0 Å². The fourth-order valence-corrected chi connectivity index (χ4v) is 3.06. The number of nitrogens with zero attached hydrogens (tertiary/aromatic N) is 2. The number of aliphatic hydroxyl groups is 1. The van der Waals surface area contributed by atoms with Gasteiger partial charge >= 0.3 is 0 Å². The molecule has 0 spiro atoms. The molecule has 0 saturated heterocycles. The lowest BCUT2D eigenvalue weighted by Gasteiger charge is -2.20. The van der Waals surface area contributed by atoms with Crippen LogP contribution in [0, 0.1) is 0 Å². The largest absolute Gasteiger partial charge is 0.395 e. The minimum atomic E-state index is 0.190. The molecule has 21 heavy (non-hydrogen) atoms. The van der Waals surface area contributed by atoms with Crippen LogP contribution in [-0.2, 0) is 13.0 Å². The average Bonchev–Trinajstić information content (AvgIpc) is 2.95. The van der Waals surface area contributed by atoms with Crippen LogP contribution in [-0.4, -0.2) is 34.7 Å². The maximum absolute atomic E-state index is 9.25. The Morgan fingerprint density at radius 3 is 2.57 bits per heavy atom. The predicted molar refractivity (Wildman–Crippen MR) is 88.7 cm³/mol. The van der Waals surface area contributed by atoms with Crippen molar-refractivity contribution in [2.45, 2.75) is 32.7 Å². The first kappa shape index (κ1) is 16.1. The zero-order valence-corrected chi connectivity index (χ0v) is 13.6. The van der Waals surface area contributed by atoms with Crippen LogP contribution < -0.4 is 0 Å². The molecule has 1 aromatic heterocycles. The van der Waals surface area contributed by atoms with E-state index in [0.717, 1.165) is 25.2 Å². The van der Waals surface area contributed by atoms with E-state index in [4.69, 9.17) is 0 Å². The number of rotatable bonds is 8. The van der Waals surface area contributed by atoms with Crippen LogP contribution in [0.4, 0.5) is 0 Å².